The number of methoxy groups -OCH3 is 1. The molecular formula is C15H15FN2O. The van der Waals surface area contributed by atoms with Crippen molar-refractivity contribution in [3.63, 3.8) is 0 Å². The molecule has 1 heterocycles. The Balaban J connectivity index is 1.80. The van der Waals surface area contributed by atoms with Gasteiger partial charge in [0.25, 0.3) is 0 Å². The van der Waals surface area contributed by atoms with E-state index >= 15 is 0 Å². The van der Waals surface area contributed by atoms with E-state index in [-0.39, 0.29) is 11.9 Å². The second-order valence-corrected chi connectivity index (χ2v) is 4.63. The van der Waals surface area contributed by atoms with Crippen LogP contribution in [-0.2, 0) is 6.42 Å². The zero-order valence-corrected chi connectivity index (χ0v) is 10.7. The van der Waals surface area contributed by atoms with Crippen molar-refractivity contribution in [1.82, 2.24) is 4.98 Å². The summed E-state index contributed by atoms with van der Waals surface area (Å²) in [6, 6.07) is 9.16. The quantitative estimate of drug-likeness (QED) is 0.917. The molecule has 0 fully saturated rings. The zero-order valence-electron chi connectivity index (χ0n) is 10.7. The first-order valence-electron chi connectivity index (χ1n) is 6.32. The lowest BCUT2D eigenvalue weighted by Gasteiger charge is -2.15. The predicted octanol–water partition coefficient (Wildman–Crippen LogP) is 3.33. The molecule has 1 aromatic carbocycles. The van der Waals surface area contributed by atoms with Crippen LogP contribution >= 0.6 is 0 Å². The van der Waals surface area contributed by atoms with Gasteiger partial charge in [0.15, 0.2) is 0 Å². The Hall–Kier alpha value is -2.10. The minimum atomic E-state index is -0.102. The van der Waals surface area contributed by atoms with Crippen LogP contribution < -0.4 is 10.1 Å². The van der Waals surface area contributed by atoms with Gasteiger partial charge in [0.2, 0.25) is 5.88 Å². The third-order valence-electron chi connectivity index (χ3n) is 3.50. The number of nitrogens with zero attached hydrogens (tertiary/aromatic N) is 1. The smallest absolute Gasteiger partial charge is 0.213 e. The zero-order chi connectivity index (χ0) is 13.2. The first-order chi connectivity index (χ1) is 9.28. The van der Waals surface area contributed by atoms with Gasteiger partial charge in [-0.05, 0) is 36.1 Å². The van der Waals surface area contributed by atoms with Gasteiger partial charge in [-0.3, -0.25) is 0 Å². The first-order valence-corrected chi connectivity index (χ1v) is 6.32. The van der Waals surface area contributed by atoms with Crippen LogP contribution in [0.3, 0.4) is 0 Å². The number of halogens is 1. The Bertz CT molecular complexity index is 583. The van der Waals surface area contributed by atoms with Crippen molar-refractivity contribution in [2.24, 2.45) is 0 Å². The van der Waals surface area contributed by atoms with Gasteiger partial charge in [0.1, 0.15) is 5.82 Å². The van der Waals surface area contributed by atoms with Crippen LogP contribution in [0.1, 0.15) is 23.6 Å². The monoisotopic (exact) mass is 258 g/mol. The van der Waals surface area contributed by atoms with Crippen LogP contribution in [0.15, 0.2) is 36.5 Å². The number of rotatable bonds is 3. The fraction of sp³-hybridized carbons (Fsp3) is 0.267. The van der Waals surface area contributed by atoms with Crippen LogP contribution in [0, 0.1) is 5.82 Å². The third-order valence-corrected chi connectivity index (χ3v) is 3.50. The number of aromatic nitrogens is 1. The van der Waals surface area contributed by atoms with Gasteiger partial charge in [-0.15, -0.1) is 0 Å². The maximum absolute atomic E-state index is 13.6. The van der Waals surface area contributed by atoms with Gasteiger partial charge in [0.05, 0.1) is 25.0 Å². The Labute approximate surface area is 111 Å². The summed E-state index contributed by atoms with van der Waals surface area (Å²) < 4.78 is 18.7. The lowest BCUT2D eigenvalue weighted by Crippen LogP contribution is -2.07. The van der Waals surface area contributed by atoms with Crippen molar-refractivity contribution in [3.8, 4) is 5.88 Å². The number of ether oxygens (including phenoxy) is 1. The predicted molar refractivity (Wildman–Crippen MR) is 71.9 cm³/mol. The summed E-state index contributed by atoms with van der Waals surface area (Å²) in [5, 5.41) is 3.39. The second-order valence-electron chi connectivity index (χ2n) is 4.63. The Kier molecular flexibility index (Phi) is 3.07. The van der Waals surface area contributed by atoms with Crippen molar-refractivity contribution in [2.75, 3.05) is 12.4 Å². The van der Waals surface area contributed by atoms with E-state index in [1.54, 1.807) is 19.4 Å². The molecule has 0 saturated heterocycles. The summed E-state index contributed by atoms with van der Waals surface area (Å²) in [5.41, 5.74) is 2.81. The molecule has 19 heavy (non-hydrogen) atoms. The van der Waals surface area contributed by atoms with E-state index in [4.69, 9.17) is 4.74 Å². The molecular weight excluding hydrogens is 243 g/mol. The van der Waals surface area contributed by atoms with E-state index < -0.39 is 0 Å². The summed E-state index contributed by atoms with van der Waals surface area (Å²) in [6.45, 7) is 0. The summed E-state index contributed by atoms with van der Waals surface area (Å²) in [4.78, 5) is 4.15. The van der Waals surface area contributed by atoms with Gasteiger partial charge in [-0.1, -0.05) is 12.1 Å². The molecule has 0 bridgehead atoms. The summed E-state index contributed by atoms with van der Waals surface area (Å²) >= 11 is 0. The molecule has 1 aliphatic carbocycles. The van der Waals surface area contributed by atoms with Gasteiger partial charge in [-0.2, -0.15) is 0 Å². The molecule has 1 atom stereocenters. The highest BCUT2D eigenvalue weighted by Gasteiger charge is 2.24. The van der Waals surface area contributed by atoms with Crippen LogP contribution in [-0.4, -0.2) is 12.1 Å². The van der Waals surface area contributed by atoms with E-state index in [1.165, 1.54) is 6.07 Å². The van der Waals surface area contributed by atoms with Crippen molar-refractivity contribution >= 4 is 5.69 Å². The number of nitrogens with one attached hydrogen (secondary N) is 1. The highest BCUT2D eigenvalue weighted by Crippen LogP contribution is 2.35. The number of anilines is 1. The molecule has 4 heteroatoms. The minimum absolute atomic E-state index is 0.102. The lowest BCUT2D eigenvalue weighted by atomic mass is 10.1. The van der Waals surface area contributed by atoms with Gasteiger partial charge in [0, 0.05) is 6.07 Å². The molecule has 3 nitrogen and oxygen atoms in total. The minimum Gasteiger partial charge on any atom is -0.481 e. The number of pyridine rings is 1. The van der Waals surface area contributed by atoms with Crippen LogP contribution in [0.25, 0.3) is 0 Å². The van der Waals surface area contributed by atoms with Crippen molar-refractivity contribution in [1.29, 1.82) is 0 Å². The third kappa shape index (κ3) is 2.26. The van der Waals surface area contributed by atoms with Crippen LogP contribution in [0.4, 0.5) is 10.1 Å². The molecule has 0 aliphatic heterocycles. The van der Waals surface area contributed by atoms with Gasteiger partial charge in [-0.25, -0.2) is 9.37 Å². The molecule has 2 aromatic rings. The van der Waals surface area contributed by atoms with Gasteiger partial charge >= 0.3 is 0 Å². The average molecular weight is 258 g/mol. The van der Waals surface area contributed by atoms with Crippen molar-refractivity contribution in [3.05, 3.63) is 53.5 Å². The molecule has 0 amide bonds. The van der Waals surface area contributed by atoms with Crippen LogP contribution in [0.2, 0.25) is 0 Å². The normalized spacial score (nSPS) is 17.1. The molecule has 0 spiro atoms. The summed E-state index contributed by atoms with van der Waals surface area (Å²) in [5.74, 6) is 0.484. The lowest BCUT2D eigenvalue weighted by molar-refractivity contribution is 0.398. The molecule has 1 aliphatic rings. The summed E-state index contributed by atoms with van der Waals surface area (Å²) in [6.07, 6.45) is 3.42. The fourth-order valence-electron chi connectivity index (χ4n) is 2.55. The number of fused-ring (bicyclic) bond motifs is 1. The summed E-state index contributed by atoms with van der Waals surface area (Å²) in [7, 11) is 1.59. The SMILES string of the molecule is COc1ccc(NC2CCc3c(F)cccc32)cn1. The average Bonchev–Trinajstić information content (AvgIpc) is 2.84. The first kappa shape index (κ1) is 12.0. The second kappa shape index (κ2) is 4.88. The van der Waals surface area contributed by atoms with Crippen molar-refractivity contribution < 1.29 is 9.13 Å². The van der Waals surface area contributed by atoms with Crippen LogP contribution in [0.5, 0.6) is 5.88 Å². The van der Waals surface area contributed by atoms with E-state index in [1.807, 2.05) is 18.2 Å². The fourth-order valence-corrected chi connectivity index (χ4v) is 2.55. The maximum Gasteiger partial charge on any atom is 0.213 e. The number of hydrogen-bond acceptors (Lipinski definition) is 3. The number of hydrogen-bond donors (Lipinski definition) is 1. The maximum atomic E-state index is 13.6. The largest absolute Gasteiger partial charge is 0.481 e. The topological polar surface area (TPSA) is 34.1 Å². The van der Waals surface area contributed by atoms with E-state index in [0.29, 0.717) is 5.88 Å². The Morgan fingerprint density at radius 2 is 2.21 bits per heavy atom. The highest BCUT2D eigenvalue weighted by atomic mass is 19.1. The molecule has 98 valence electrons. The van der Waals surface area contributed by atoms with Gasteiger partial charge < -0.3 is 10.1 Å². The Morgan fingerprint density at radius 1 is 1.32 bits per heavy atom. The van der Waals surface area contributed by atoms with E-state index in [9.17, 15) is 4.39 Å². The van der Waals surface area contributed by atoms with Crippen molar-refractivity contribution in [2.45, 2.75) is 18.9 Å². The Morgan fingerprint density at radius 3 is 2.95 bits per heavy atom. The number of benzene rings is 1. The molecule has 3 rings (SSSR count). The van der Waals surface area contributed by atoms with E-state index in [2.05, 4.69) is 10.3 Å². The molecule has 0 radical (unpaired) electrons. The highest BCUT2D eigenvalue weighted by molar-refractivity contribution is 5.47. The molecule has 1 aromatic heterocycles. The molecule has 1 N–H and O–H groups in total. The van der Waals surface area contributed by atoms with E-state index in [0.717, 1.165) is 29.7 Å². The molecule has 0 saturated carbocycles. The molecule has 1 unspecified atom stereocenters. The standard InChI is InChI=1S/C15H15FN2O/c1-19-15-8-5-10(9-17-15)18-14-7-6-11-12(14)3-2-4-13(11)16/h2-5,8-9,14,18H,6-7H2,1H3.